The molecule has 0 fully saturated rings. The van der Waals surface area contributed by atoms with Crippen LogP contribution in [0.2, 0.25) is 0 Å². The van der Waals surface area contributed by atoms with Gasteiger partial charge in [-0.3, -0.25) is 4.79 Å². The predicted molar refractivity (Wildman–Crippen MR) is 39.4 cm³/mol. The van der Waals surface area contributed by atoms with Crippen LogP contribution in [0.5, 0.6) is 0 Å². The third-order valence-corrected chi connectivity index (χ3v) is 0.986. The zero-order valence-corrected chi connectivity index (χ0v) is 6.55. The summed E-state index contributed by atoms with van der Waals surface area (Å²) in [6.45, 7) is 3.76. The topological polar surface area (TPSA) is 52.3 Å². The van der Waals surface area contributed by atoms with Crippen molar-refractivity contribution < 1.29 is 9.53 Å². The molecule has 0 heterocycles. The van der Waals surface area contributed by atoms with Crippen molar-refractivity contribution in [1.29, 1.82) is 0 Å². The molecule has 0 aliphatic heterocycles. The number of ether oxygens (including phenoxy) is 1. The van der Waals surface area contributed by atoms with Gasteiger partial charge in [-0.05, 0) is 13.8 Å². The van der Waals surface area contributed by atoms with Crippen molar-refractivity contribution in [3.05, 3.63) is 11.6 Å². The van der Waals surface area contributed by atoms with E-state index >= 15 is 0 Å². The van der Waals surface area contributed by atoms with Gasteiger partial charge >= 0.3 is 5.97 Å². The number of allylic oxidation sites excluding steroid dienone is 1. The molecule has 0 aromatic rings. The lowest BCUT2D eigenvalue weighted by Gasteiger charge is -2.03. The minimum Gasteiger partial charge on any atom is -0.468 e. The molecule has 3 heteroatoms. The molecule has 0 rings (SSSR count). The zero-order valence-electron chi connectivity index (χ0n) is 6.55. The number of esters is 1. The molecule has 0 radical (unpaired) electrons. The van der Waals surface area contributed by atoms with Crippen LogP contribution in [0.1, 0.15) is 13.8 Å². The summed E-state index contributed by atoms with van der Waals surface area (Å²) in [5.41, 5.74) is 6.39. The molecule has 0 aliphatic rings. The summed E-state index contributed by atoms with van der Waals surface area (Å²) in [5, 5.41) is 0. The molecule has 2 N–H and O–H groups in total. The molecule has 0 unspecified atom stereocenters. The Morgan fingerprint density at radius 1 is 1.60 bits per heavy atom. The van der Waals surface area contributed by atoms with Gasteiger partial charge in [-0.2, -0.15) is 0 Å². The minimum atomic E-state index is -0.616. The summed E-state index contributed by atoms with van der Waals surface area (Å²) in [4.78, 5) is 10.7. The summed E-state index contributed by atoms with van der Waals surface area (Å²) in [6.07, 6.45) is 1.66. The normalized spacial score (nSPS) is 12.0. The molecular weight excluding hydrogens is 130 g/mol. The number of rotatable bonds is 2. The largest absolute Gasteiger partial charge is 0.468 e. The van der Waals surface area contributed by atoms with E-state index in [1.54, 1.807) is 6.08 Å². The molecule has 0 aliphatic carbocycles. The Labute approximate surface area is 60.9 Å². The molecular formula is C7H13NO2. The molecule has 0 bridgehead atoms. The predicted octanol–water partition coefficient (Wildman–Crippen LogP) is 0.453. The monoisotopic (exact) mass is 143 g/mol. The molecule has 10 heavy (non-hydrogen) atoms. The fraction of sp³-hybridized carbons (Fsp3) is 0.571. The Bertz CT molecular complexity index is 148. The SMILES string of the molecule is COC(=O)[C@@H](N)C=C(C)C. The van der Waals surface area contributed by atoms with Crippen molar-refractivity contribution in [3.8, 4) is 0 Å². The molecule has 0 amide bonds. The maximum Gasteiger partial charge on any atom is 0.326 e. The number of hydrogen-bond acceptors (Lipinski definition) is 3. The molecule has 0 aromatic carbocycles. The van der Waals surface area contributed by atoms with E-state index in [1.807, 2.05) is 13.8 Å². The van der Waals surface area contributed by atoms with E-state index < -0.39 is 12.0 Å². The zero-order chi connectivity index (χ0) is 8.15. The number of methoxy groups -OCH3 is 1. The lowest BCUT2D eigenvalue weighted by atomic mass is 10.2. The number of hydrogen-bond donors (Lipinski definition) is 1. The molecule has 1 atom stereocenters. The molecule has 3 nitrogen and oxygen atoms in total. The van der Waals surface area contributed by atoms with Crippen molar-refractivity contribution in [2.24, 2.45) is 5.73 Å². The van der Waals surface area contributed by atoms with Crippen molar-refractivity contribution in [2.75, 3.05) is 7.11 Å². The highest BCUT2D eigenvalue weighted by atomic mass is 16.5. The fourth-order valence-electron chi connectivity index (χ4n) is 0.563. The Balaban J connectivity index is 3.96. The third-order valence-electron chi connectivity index (χ3n) is 0.986. The second-order valence-electron chi connectivity index (χ2n) is 2.29. The van der Waals surface area contributed by atoms with Crippen LogP contribution in [-0.4, -0.2) is 19.1 Å². The first-order valence-electron chi connectivity index (χ1n) is 3.06. The van der Waals surface area contributed by atoms with E-state index in [1.165, 1.54) is 7.11 Å². The molecule has 0 spiro atoms. The van der Waals surface area contributed by atoms with E-state index in [0.717, 1.165) is 5.57 Å². The Morgan fingerprint density at radius 3 is 2.40 bits per heavy atom. The van der Waals surface area contributed by atoms with Gasteiger partial charge in [0.15, 0.2) is 0 Å². The van der Waals surface area contributed by atoms with Crippen molar-refractivity contribution in [3.63, 3.8) is 0 Å². The van der Waals surface area contributed by atoms with Crippen LogP contribution in [0.4, 0.5) is 0 Å². The minimum absolute atomic E-state index is 0.402. The smallest absolute Gasteiger partial charge is 0.326 e. The van der Waals surface area contributed by atoms with Gasteiger partial charge in [0.1, 0.15) is 6.04 Å². The summed E-state index contributed by atoms with van der Waals surface area (Å²) in [6, 6.07) is -0.616. The first kappa shape index (κ1) is 9.17. The van der Waals surface area contributed by atoms with Gasteiger partial charge in [0.2, 0.25) is 0 Å². The van der Waals surface area contributed by atoms with E-state index in [9.17, 15) is 4.79 Å². The summed E-state index contributed by atoms with van der Waals surface area (Å²) < 4.78 is 4.40. The lowest BCUT2D eigenvalue weighted by Crippen LogP contribution is -2.29. The fourth-order valence-corrected chi connectivity index (χ4v) is 0.563. The first-order chi connectivity index (χ1) is 4.57. The highest BCUT2D eigenvalue weighted by Gasteiger charge is 2.08. The average molecular weight is 143 g/mol. The van der Waals surface area contributed by atoms with Crippen LogP contribution in [0.25, 0.3) is 0 Å². The number of carbonyl (C=O) groups excluding carboxylic acids is 1. The first-order valence-corrected chi connectivity index (χ1v) is 3.06. The van der Waals surface area contributed by atoms with Gasteiger partial charge in [0.25, 0.3) is 0 Å². The van der Waals surface area contributed by atoms with Crippen LogP contribution in [-0.2, 0) is 9.53 Å². The van der Waals surface area contributed by atoms with E-state index in [-0.39, 0.29) is 0 Å². The van der Waals surface area contributed by atoms with Crippen LogP contribution < -0.4 is 5.73 Å². The van der Waals surface area contributed by atoms with Gasteiger partial charge in [0, 0.05) is 0 Å². The average Bonchev–Trinajstić information content (AvgIpc) is 1.85. The highest BCUT2D eigenvalue weighted by Crippen LogP contribution is 1.93. The van der Waals surface area contributed by atoms with Gasteiger partial charge in [-0.1, -0.05) is 11.6 Å². The number of carbonyl (C=O) groups is 1. The van der Waals surface area contributed by atoms with Crippen molar-refractivity contribution in [2.45, 2.75) is 19.9 Å². The van der Waals surface area contributed by atoms with Crippen molar-refractivity contribution >= 4 is 5.97 Å². The van der Waals surface area contributed by atoms with E-state index in [2.05, 4.69) is 4.74 Å². The van der Waals surface area contributed by atoms with Crippen LogP contribution >= 0.6 is 0 Å². The lowest BCUT2D eigenvalue weighted by molar-refractivity contribution is -0.140. The van der Waals surface area contributed by atoms with Gasteiger partial charge in [-0.25, -0.2) is 0 Å². The Hall–Kier alpha value is -0.830. The molecule has 0 saturated carbocycles. The maximum atomic E-state index is 10.7. The second kappa shape index (κ2) is 4.06. The van der Waals surface area contributed by atoms with E-state index in [0.29, 0.717) is 0 Å². The second-order valence-corrected chi connectivity index (χ2v) is 2.29. The Kier molecular flexibility index (Phi) is 3.72. The maximum absolute atomic E-state index is 10.7. The van der Waals surface area contributed by atoms with Crippen LogP contribution in [0.3, 0.4) is 0 Å². The summed E-state index contributed by atoms with van der Waals surface area (Å²) in [7, 11) is 1.32. The standard InChI is InChI=1S/C7H13NO2/c1-5(2)4-6(8)7(9)10-3/h4,6H,8H2,1-3H3/t6-/m0/s1. The van der Waals surface area contributed by atoms with Crippen molar-refractivity contribution in [1.82, 2.24) is 0 Å². The quantitative estimate of drug-likeness (QED) is 0.451. The highest BCUT2D eigenvalue weighted by molar-refractivity contribution is 5.77. The van der Waals surface area contributed by atoms with Crippen LogP contribution in [0, 0.1) is 0 Å². The summed E-state index contributed by atoms with van der Waals surface area (Å²) >= 11 is 0. The third kappa shape index (κ3) is 3.25. The van der Waals surface area contributed by atoms with Gasteiger partial charge in [0.05, 0.1) is 7.11 Å². The van der Waals surface area contributed by atoms with Crippen LogP contribution in [0.15, 0.2) is 11.6 Å². The van der Waals surface area contributed by atoms with Gasteiger partial charge < -0.3 is 10.5 Å². The van der Waals surface area contributed by atoms with E-state index in [4.69, 9.17) is 5.73 Å². The number of nitrogens with two attached hydrogens (primary N) is 1. The molecule has 0 saturated heterocycles. The summed E-state index contributed by atoms with van der Waals surface area (Å²) in [5.74, 6) is -0.402. The van der Waals surface area contributed by atoms with Gasteiger partial charge in [-0.15, -0.1) is 0 Å². The molecule has 0 aromatic heterocycles. The Morgan fingerprint density at radius 2 is 2.10 bits per heavy atom. The molecule has 58 valence electrons.